The van der Waals surface area contributed by atoms with Crippen LogP contribution in [0.4, 0.5) is 5.69 Å². The van der Waals surface area contributed by atoms with Crippen LogP contribution in [0.25, 0.3) is 11.2 Å². The van der Waals surface area contributed by atoms with Gasteiger partial charge in [-0.05, 0) is 46.4 Å². The fourth-order valence-electron chi connectivity index (χ4n) is 3.36. The quantitative estimate of drug-likeness (QED) is 0.379. The molecule has 1 aliphatic rings. The van der Waals surface area contributed by atoms with E-state index in [-0.39, 0.29) is 0 Å². The van der Waals surface area contributed by atoms with Gasteiger partial charge in [0, 0.05) is 23.4 Å². The smallest absolute Gasteiger partial charge is 0.251 e. The molecular weight excluding hydrogens is 489 g/mol. The minimum atomic E-state index is -1.35. The number of hydrogen-bond acceptors (Lipinski definition) is 7. The average Bonchev–Trinajstić information content (AvgIpc) is 3.28. The Morgan fingerprint density at radius 1 is 1.28 bits per heavy atom. The van der Waals surface area contributed by atoms with Gasteiger partial charge in [-0.3, -0.25) is 9.36 Å². The summed E-state index contributed by atoms with van der Waals surface area (Å²) in [6.45, 7) is 0.614. The first-order valence-electron chi connectivity index (χ1n) is 9.02. The van der Waals surface area contributed by atoms with Gasteiger partial charge in [0.25, 0.3) is 5.91 Å². The number of aliphatic hydroxyl groups excluding tert-OH is 2. The molecule has 4 N–H and O–H groups in total. The van der Waals surface area contributed by atoms with E-state index in [9.17, 15) is 15.0 Å². The van der Waals surface area contributed by atoms with Crippen LogP contribution in [0.3, 0.4) is 0 Å². The maximum atomic E-state index is 11.9. The van der Waals surface area contributed by atoms with Crippen LogP contribution in [0, 0.1) is 3.57 Å². The lowest BCUT2D eigenvalue weighted by molar-refractivity contribution is -0.137. The highest BCUT2D eigenvalue weighted by atomic mass is 127. The number of nitrogens with one attached hydrogen (secondary N) is 2. The molecule has 10 heteroatoms. The van der Waals surface area contributed by atoms with E-state index >= 15 is 0 Å². The third-order valence-corrected chi connectivity index (χ3v) is 5.52. The Morgan fingerprint density at radius 3 is 2.86 bits per heavy atom. The number of pyridine rings is 1. The van der Waals surface area contributed by atoms with Crippen LogP contribution in [-0.2, 0) is 16.1 Å². The zero-order chi connectivity index (χ0) is 20.5. The summed E-state index contributed by atoms with van der Waals surface area (Å²) in [5.74, 6) is -0.503. The molecule has 0 saturated carbocycles. The summed E-state index contributed by atoms with van der Waals surface area (Å²) in [4.78, 5) is 20.6. The van der Waals surface area contributed by atoms with Crippen LogP contribution in [-0.4, -0.2) is 56.0 Å². The Balaban J connectivity index is 1.60. The van der Waals surface area contributed by atoms with Crippen molar-refractivity contribution in [3.05, 3.63) is 52.0 Å². The van der Waals surface area contributed by atoms with Gasteiger partial charge in [-0.2, -0.15) is 0 Å². The van der Waals surface area contributed by atoms with Crippen LogP contribution in [0.1, 0.15) is 11.8 Å². The number of imidazole rings is 1. The summed E-state index contributed by atoms with van der Waals surface area (Å²) >= 11 is 2.27. The number of amides is 1. The average molecular weight is 509 g/mol. The largest absolute Gasteiger partial charge is 0.387 e. The van der Waals surface area contributed by atoms with Gasteiger partial charge >= 0.3 is 0 Å². The maximum Gasteiger partial charge on any atom is 0.251 e. The molecule has 2 aromatic heterocycles. The van der Waals surface area contributed by atoms with E-state index in [0.29, 0.717) is 17.7 Å². The molecule has 3 aromatic rings. The standard InChI is InChI=1S/C19H20IN5O4/c1-21-18(28)16-14(26)15(27)19(29-16)25-9-24-13-12(5-6-22-17(13)25)23-8-10-3-2-4-11(20)7-10/h2-7,9,14-16,19,26-27H,8H2,1H3,(H,21,28)(H,22,23)/t14-,15?,16+,19-/m1/s1. The second kappa shape index (κ2) is 8.22. The topological polar surface area (TPSA) is 122 Å². The van der Waals surface area contributed by atoms with Gasteiger partial charge < -0.3 is 25.6 Å². The van der Waals surface area contributed by atoms with Crippen LogP contribution in [0.15, 0.2) is 42.9 Å². The van der Waals surface area contributed by atoms with Crippen molar-refractivity contribution in [2.75, 3.05) is 12.4 Å². The first-order valence-corrected chi connectivity index (χ1v) is 10.1. The lowest BCUT2D eigenvalue weighted by atomic mass is 10.1. The molecule has 152 valence electrons. The lowest BCUT2D eigenvalue weighted by Gasteiger charge is -2.16. The molecule has 4 rings (SSSR count). The van der Waals surface area contributed by atoms with E-state index in [1.165, 1.54) is 17.9 Å². The van der Waals surface area contributed by atoms with Gasteiger partial charge in [-0.25, -0.2) is 9.97 Å². The van der Waals surface area contributed by atoms with E-state index in [1.54, 1.807) is 6.20 Å². The molecule has 4 atom stereocenters. The minimum absolute atomic E-state index is 0.478. The van der Waals surface area contributed by atoms with Crippen molar-refractivity contribution in [3.63, 3.8) is 0 Å². The second-order valence-corrected chi connectivity index (χ2v) is 7.95. The lowest BCUT2D eigenvalue weighted by Crippen LogP contribution is -2.41. The third kappa shape index (κ3) is 3.80. The Labute approximate surface area is 180 Å². The zero-order valence-electron chi connectivity index (χ0n) is 15.5. The SMILES string of the molecule is CNC(=O)[C@H]1O[C@@H](n2cnc3c(NCc4cccc(I)c4)ccnc32)C(O)[C@H]1O. The number of aromatic nitrogens is 3. The van der Waals surface area contributed by atoms with Gasteiger partial charge in [0.05, 0.1) is 12.0 Å². The molecule has 1 aliphatic heterocycles. The van der Waals surface area contributed by atoms with E-state index in [1.807, 2.05) is 24.3 Å². The molecule has 1 unspecified atom stereocenters. The number of anilines is 1. The van der Waals surface area contributed by atoms with Crippen molar-refractivity contribution in [1.82, 2.24) is 19.9 Å². The van der Waals surface area contributed by atoms with Gasteiger partial charge in [-0.1, -0.05) is 12.1 Å². The van der Waals surface area contributed by atoms with Gasteiger partial charge in [0.15, 0.2) is 18.0 Å². The van der Waals surface area contributed by atoms with E-state index in [2.05, 4.69) is 49.3 Å². The predicted octanol–water partition coefficient (Wildman–Crippen LogP) is 1.01. The molecular formula is C19H20IN5O4. The van der Waals surface area contributed by atoms with Crippen molar-refractivity contribution < 1.29 is 19.7 Å². The third-order valence-electron chi connectivity index (χ3n) is 4.85. The maximum absolute atomic E-state index is 11.9. The van der Waals surface area contributed by atoms with Gasteiger partial charge in [0.1, 0.15) is 17.7 Å². The number of likely N-dealkylation sites (N-methyl/N-ethyl adjacent to an activating group) is 1. The fraction of sp³-hybridized carbons (Fsp3) is 0.316. The van der Waals surface area contributed by atoms with E-state index < -0.39 is 30.4 Å². The number of carbonyl (C=O) groups excluding carboxylic acids is 1. The van der Waals surface area contributed by atoms with E-state index in [4.69, 9.17) is 4.74 Å². The Hall–Kier alpha value is -2.28. The van der Waals surface area contributed by atoms with Crippen LogP contribution < -0.4 is 10.6 Å². The number of halogens is 1. The van der Waals surface area contributed by atoms with Gasteiger partial charge in [-0.15, -0.1) is 0 Å². The molecule has 0 aliphatic carbocycles. The molecule has 1 saturated heterocycles. The first-order chi connectivity index (χ1) is 14.0. The molecule has 9 nitrogen and oxygen atoms in total. The van der Waals surface area contributed by atoms with Crippen molar-refractivity contribution in [2.24, 2.45) is 0 Å². The second-order valence-electron chi connectivity index (χ2n) is 6.71. The fourth-order valence-corrected chi connectivity index (χ4v) is 3.96. The number of rotatable bonds is 5. The Kier molecular flexibility index (Phi) is 5.67. The number of aliphatic hydroxyl groups is 2. The highest BCUT2D eigenvalue weighted by molar-refractivity contribution is 14.1. The number of benzene rings is 1. The first kappa shape index (κ1) is 20.0. The number of ether oxygens (including phenoxy) is 1. The van der Waals surface area contributed by atoms with E-state index in [0.717, 1.165) is 14.8 Å². The molecule has 1 fully saturated rings. The monoisotopic (exact) mass is 509 g/mol. The van der Waals surface area contributed by atoms with Crippen molar-refractivity contribution >= 4 is 45.3 Å². The summed E-state index contributed by atoms with van der Waals surface area (Å²) in [5.41, 5.74) is 2.99. The van der Waals surface area contributed by atoms with Crippen molar-refractivity contribution in [3.8, 4) is 0 Å². The number of carbonyl (C=O) groups is 1. The van der Waals surface area contributed by atoms with Gasteiger partial charge in [0.2, 0.25) is 0 Å². The van der Waals surface area contributed by atoms with Crippen LogP contribution in [0.5, 0.6) is 0 Å². The summed E-state index contributed by atoms with van der Waals surface area (Å²) in [6.07, 6.45) is -1.67. The number of nitrogens with zero attached hydrogens (tertiary/aromatic N) is 3. The summed E-state index contributed by atoms with van der Waals surface area (Å²) in [6, 6.07) is 9.98. The molecule has 29 heavy (non-hydrogen) atoms. The van der Waals surface area contributed by atoms with Crippen LogP contribution >= 0.6 is 22.6 Å². The van der Waals surface area contributed by atoms with Crippen LogP contribution in [0.2, 0.25) is 0 Å². The highest BCUT2D eigenvalue weighted by Gasteiger charge is 2.47. The molecule has 3 heterocycles. The Morgan fingerprint density at radius 2 is 2.10 bits per heavy atom. The molecule has 1 amide bonds. The Bertz CT molecular complexity index is 1040. The van der Waals surface area contributed by atoms with Crippen molar-refractivity contribution in [1.29, 1.82) is 0 Å². The summed E-state index contributed by atoms with van der Waals surface area (Å²) in [5, 5.41) is 26.4. The molecule has 0 bridgehead atoms. The zero-order valence-corrected chi connectivity index (χ0v) is 17.6. The molecule has 1 aromatic carbocycles. The molecule has 0 spiro atoms. The highest BCUT2D eigenvalue weighted by Crippen LogP contribution is 2.32. The minimum Gasteiger partial charge on any atom is -0.387 e. The van der Waals surface area contributed by atoms with Crippen molar-refractivity contribution in [2.45, 2.75) is 31.1 Å². The number of hydrogen-bond donors (Lipinski definition) is 4. The summed E-state index contributed by atoms with van der Waals surface area (Å²) in [7, 11) is 1.44. The normalized spacial score (nSPS) is 24.0. The number of fused-ring (bicyclic) bond motifs is 1. The summed E-state index contributed by atoms with van der Waals surface area (Å²) < 4.78 is 8.31. The predicted molar refractivity (Wildman–Crippen MR) is 114 cm³/mol. The molecule has 0 radical (unpaired) electrons.